The Morgan fingerprint density at radius 3 is 0.892 bits per heavy atom. The second kappa shape index (κ2) is 53.0. The van der Waals surface area contributed by atoms with Crippen LogP contribution >= 0.6 is 0 Å². The molecule has 4 fully saturated rings. The van der Waals surface area contributed by atoms with Gasteiger partial charge in [0, 0.05) is 101 Å². The van der Waals surface area contributed by atoms with E-state index in [0.717, 1.165) is 183 Å². The van der Waals surface area contributed by atoms with Gasteiger partial charge in [0.05, 0.1) is 35.8 Å². The maximum Gasteiger partial charge on any atom is 0.162 e. The molecule has 8 nitrogen and oxygen atoms in total. The Labute approximate surface area is 816 Å². The number of carbonyl (C=O) groups is 2. The molecule has 4 aliphatic carbocycles. The maximum atomic E-state index is 12.2. The number of allylic oxidation sites excluding steroid dienone is 4. The average molecular weight is 2110 g/mol. The molecule has 12 heteroatoms. The molecule has 0 amide bonds. The standard InChI is InChI=1S/4C23H24N.2C13H23FO2.2Ir/c2*1-16-11-17(2)13-21(12-16)23-22-8-7-19(14-18-5-3-4-6-18)15-20(22)9-10-24-23;2*1-16-12-17(2)14-21(13-16)23-22-9-8-19(15-20(22)10-11-24-23)18-6-4-3-5-7-18;2*1-4-10(5-2)12(15)9-13(16)11(6-3)7-8-14;;/h2*7-12,15,18H,3-6,14H2,1-2H3;2*8-13,15,18H,3-7H2,1-2H3;2*9-11,16H,4-8H2,1-3H3;;/q4*-1;;;;/i2*9D,10D;2*10D,11D;;;;. The van der Waals surface area contributed by atoms with Crippen LogP contribution in [0, 0.1) is 115 Å². The molecule has 2 atom stereocenters. The molecule has 0 bridgehead atoms. The summed E-state index contributed by atoms with van der Waals surface area (Å²) in [5.41, 5.74) is 20.8. The fourth-order valence-corrected chi connectivity index (χ4v) is 19.5. The van der Waals surface area contributed by atoms with E-state index in [1.54, 1.807) is 0 Å². The normalized spacial score (nSPS) is 15.8. The van der Waals surface area contributed by atoms with E-state index in [4.69, 9.17) is 11.0 Å². The number of alkyl halides is 2. The van der Waals surface area contributed by atoms with Crippen molar-refractivity contribution in [3.8, 4) is 45.0 Å². The monoisotopic (exact) mass is 2110 g/mol. The van der Waals surface area contributed by atoms with Gasteiger partial charge in [0.15, 0.2) is 11.6 Å². The Kier molecular flexibility index (Phi) is 37.9. The fourth-order valence-electron chi connectivity index (χ4n) is 19.5. The molecule has 4 saturated carbocycles. The molecule has 8 aromatic carbocycles. The van der Waals surface area contributed by atoms with E-state index in [1.165, 1.54) is 150 Å². The number of hydrogen-bond acceptors (Lipinski definition) is 8. The zero-order chi connectivity index (χ0) is 98.1. The minimum atomic E-state index is -0.463. The van der Waals surface area contributed by atoms with Crippen molar-refractivity contribution in [3.63, 3.8) is 0 Å². The van der Waals surface area contributed by atoms with Crippen molar-refractivity contribution in [1.82, 2.24) is 19.9 Å². The van der Waals surface area contributed by atoms with Crippen LogP contribution in [0.25, 0.3) is 88.1 Å². The third-order valence-corrected chi connectivity index (χ3v) is 26.6. The third-order valence-electron chi connectivity index (χ3n) is 26.6. The SMILES string of the molecule is CCC(CC)C(=O)C=C(O)C(CC)CCF.CCC(CC)C(=O)C=C(O)C(CC)CCF.[2H]c1nc(-c2[c-]c(C)cc(C)c2)c2ccc(C3CCCCC3)cc2c1[2H].[2H]c1nc(-c2[c-]c(C)cc(C)c2)c2ccc(C3CCCCC3)cc2c1[2H].[2H]c1nc(-c2[c-]c(C)cc(C)c2)c2ccc(CC3CCCC3)cc2c1[2H].[2H]c1nc(-c2[c-]c(C)cc(C)c2)c2ccc(CC3CCCC3)cc2c1[2H].[Ir].[Ir]. The van der Waals surface area contributed by atoms with Crippen LogP contribution < -0.4 is 0 Å². The largest absolute Gasteiger partial charge is 0.512 e. The fraction of sp³-hybridized carbons (Fsp3) is 0.441. The van der Waals surface area contributed by atoms with Crippen LogP contribution in [0.3, 0.4) is 0 Å². The number of aliphatic hydroxyl groups excluding tert-OH is 2. The number of nitrogens with zero attached hydrogens (tertiary/aromatic N) is 4. The van der Waals surface area contributed by atoms with Crippen molar-refractivity contribution >= 4 is 54.7 Å². The van der Waals surface area contributed by atoms with Gasteiger partial charge in [0.2, 0.25) is 0 Å². The number of aryl methyl sites for hydroxylation is 8. The quantitative estimate of drug-likeness (QED) is 0.0312. The van der Waals surface area contributed by atoms with Crippen LogP contribution in [-0.2, 0) is 62.6 Å². The molecular formula is C118H142F2Ir2N4O4-4. The van der Waals surface area contributed by atoms with Gasteiger partial charge < -0.3 is 30.1 Å². The number of ketones is 2. The Hall–Kier alpha value is -9.02. The number of carbonyl (C=O) groups excluding carboxylic acids is 2. The summed E-state index contributed by atoms with van der Waals surface area (Å²) in [6.07, 6.45) is 33.3. The van der Waals surface area contributed by atoms with Crippen molar-refractivity contribution in [3.05, 3.63) is 285 Å². The summed E-state index contributed by atoms with van der Waals surface area (Å²) in [4.78, 5) is 41.2. The van der Waals surface area contributed by atoms with Gasteiger partial charge in [0.1, 0.15) is 0 Å². The van der Waals surface area contributed by atoms with E-state index in [2.05, 4.69) is 193 Å². The summed E-state index contributed by atoms with van der Waals surface area (Å²) >= 11 is 0. The van der Waals surface area contributed by atoms with Gasteiger partial charge >= 0.3 is 0 Å². The summed E-state index contributed by atoms with van der Waals surface area (Å²) in [6, 6.07) is 56.6. The number of fused-ring (bicyclic) bond motifs is 4. The van der Waals surface area contributed by atoms with E-state index < -0.39 is 13.3 Å². The number of benzene rings is 8. The van der Waals surface area contributed by atoms with Gasteiger partial charge in [-0.15, -0.1) is 140 Å². The van der Waals surface area contributed by atoms with Gasteiger partial charge in [0.25, 0.3) is 0 Å². The Balaban J connectivity index is 0.000000187. The zero-order valence-electron chi connectivity index (χ0n) is 87.5. The molecule has 2 radical (unpaired) electrons. The third kappa shape index (κ3) is 30.0. The van der Waals surface area contributed by atoms with Crippen molar-refractivity contribution in [2.24, 2.45) is 35.5 Å². The Bertz CT molecular complexity index is 5740. The molecule has 4 heterocycles. The number of halogens is 2. The average Bonchev–Trinajstić information content (AvgIpc) is 0.866. The first-order valence-electron chi connectivity index (χ1n) is 51.9. The summed E-state index contributed by atoms with van der Waals surface area (Å²) in [5, 5.41) is 26.6. The number of hydrogen-bond donors (Lipinski definition) is 2. The van der Waals surface area contributed by atoms with Crippen LogP contribution in [0.4, 0.5) is 8.78 Å². The Morgan fingerprint density at radius 2 is 0.631 bits per heavy atom. The summed E-state index contributed by atoms with van der Waals surface area (Å²) in [6.45, 7) is 27.0. The molecule has 694 valence electrons. The van der Waals surface area contributed by atoms with E-state index in [0.29, 0.717) is 24.7 Å². The summed E-state index contributed by atoms with van der Waals surface area (Å²) < 4.78 is 90.6. The van der Waals surface area contributed by atoms with Gasteiger partial charge in [-0.2, -0.15) is 0 Å². The van der Waals surface area contributed by atoms with Crippen molar-refractivity contribution < 1.29 is 79.8 Å². The Morgan fingerprint density at radius 1 is 0.369 bits per heavy atom. The first-order valence-corrected chi connectivity index (χ1v) is 47.9. The molecule has 0 saturated heterocycles. The molecular weight excluding hydrogens is 1960 g/mol. The van der Waals surface area contributed by atoms with Crippen molar-refractivity contribution in [1.29, 1.82) is 0 Å². The smallest absolute Gasteiger partial charge is 0.162 e. The summed E-state index contributed by atoms with van der Waals surface area (Å²) in [5.74, 6) is 2.23. The van der Waals surface area contributed by atoms with Crippen LogP contribution in [0.1, 0.15) is 298 Å². The van der Waals surface area contributed by atoms with E-state index in [1.807, 2.05) is 69.2 Å². The minimum absolute atomic E-state index is 0. The van der Waals surface area contributed by atoms with Crippen LogP contribution in [0.2, 0.25) is 0 Å². The van der Waals surface area contributed by atoms with Crippen molar-refractivity contribution in [2.45, 2.75) is 289 Å². The maximum absolute atomic E-state index is 12.2. The first kappa shape index (κ1) is 92.8. The van der Waals surface area contributed by atoms with Crippen molar-refractivity contribution in [2.75, 3.05) is 13.3 Å². The molecule has 4 aliphatic rings. The molecule has 16 rings (SSSR count). The predicted molar refractivity (Wildman–Crippen MR) is 533 cm³/mol. The number of aromatic nitrogens is 4. The predicted octanol–water partition coefficient (Wildman–Crippen LogP) is 32.5. The van der Waals surface area contributed by atoms with Crippen LogP contribution in [0.15, 0.2) is 194 Å². The van der Waals surface area contributed by atoms with E-state index >= 15 is 0 Å². The second-order valence-electron chi connectivity index (χ2n) is 36.7. The molecule has 0 spiro atoms. The summed E-state index contributed by atoms with van der Waals surface area (Å²) in [7, 11) is 0. The van der Waals surface area contributed by atoms with E-state index in [9.17, 15) is 28.6 Å². The van der Waals surface area contributed by atoms with Crippen LogP contribution in [0.5, 0.6) is 0 Å². The molecule has 2 unspecified atom stereocenters. The zero-order valence-corrected chi connectivity index (χ0v) is 84.2. The second-order valence-corrected chi connectivity index (χ2v) is 36.7. The van der Waals surface area contributed by atoms with Gasteiger partial charge in [-0.1, -0.05) is 260 Å². The number of pyridine rings is 4. The van der Waals surface area contributed by atoms with Gasteiger partial charge in [-0.3, -0.25) is 18.4 Å². The van der Waals surface area contributed by atoms with Gasteiger partial charge in [-0.05, 0) is 226 Å². The molecule has 130 heavy (non-hydrogen) atoms. The van der Waals surface area contributed by atoms with E-state index in [-0.39, 0.29) is 149 Å². The first-order chi connectivity index (χ1) is 65.3. The molecule has 0 aliphatic heterocycles. The molecule has 4 aromatic heterocycles. The number of aliphatic hydroxyl groups is 2. The topological polar surface area (TPSA) is 126 Å². The minimum Gasteiger partial charge on any atom is -0.512 e. The number of rotatable bonds is 26. The van der Waals surface area contributed by atoms with Gasteiger partial charge in [-0.25, -0.2) is 0 Å². The molecule has 12 aromatic rings. The molecule has 2 N–H and O–H groups in total. The van der Waals surface area contributed by atoms with Crippen LogP contribution in [-0.4, -0.2) is 55.1 Å².